The van der Waals surface area contributed by atoms with Crippen molar-refractivity contribution < 1.29 is 19.8 Å². The highest BCUT2D eigenvalue weighted by Crippen LogP contribution is 2.13. The fraction of sp³-hybridized carbons (Fsp3) is 0.333. The van der Waals surface area contributed by atoms with E-state index in [1.54, 1.807) is 12.1 Å². The lowest BCUT2D eigenvalue weighted by molar-refractivity contribution is -0.155. The third-order valence-corrected chi connectivity index (χ3v) is 2.60. The van der Waals surface area contributed by atoms with Gasteiger partial charge >= 0.3 is 5.97 Å². The van der Waals surface area contributed by atoms with E-state index in [2.05, 4.69) is 5.32 Å². The summed E-state index contributed by atoms with van der Waals surface area (Å²) >= 11 is 0. The molecule has 6 heteroatoms. The van der Waals surface area contributed by atoms with Crippen molar-refractivity contribution in [2.75, 3.05) is 12.3 Å². The molecule has 98 valence electrons. The van der Waals surface area contributed by atoms with Gasteiger partial charge in [-0.3, -0.25) is 4.79 Å². The number of aryl methyl sites for hydroxylation is 1. The molecule has 0 saturated heterocycles. The highest BCUT2D eigenvalue weighted by atomic mass is 16.4. The number of carbonyl (C=O) groups is 2. The molecular formula is C12H16N2O4. The average Bonchev–Trinajstić information content (AvgIpc) is 2.29. The van der Waals surface area contributed by atoms with Crippen molar-refractivity contribution >= 4 is 17.6 Å². The van der Waals surface area contributed by atoms with E-state index < -0.39 is 17.5 Å². The molecule has 0 heterocycles. The molecule has 18 heavy (non-hydrogen) atoms. The maximum atomic E-state index is 11.7. The highest BCUT2D eigenvalue weighted by molar-refractivity contribution is 5.95. The summed E-state index contributed by atoms with van der Waals surface area (Å²) in [5.41, 5.74) is 5.32. The van der Waals surface area contributed by atoms with E-state index in [9.17, 15) is 14.7 Å². The molecular weight excluding hydrogens is 236 g/mol. The van der Waals surface area contributed by atoms with Crippen LogP contribution in [0.15, 0.2) is 18.2 Å². The van der Waals surface area contributed by atoms with Crippen molar-refractivity contribution in [3.8, 4) is 0 Å². The number of nitrogen functional groups attached to an aromatic ring is 1. The first-order valence-electron chi connectivity index (χ1n) is 5.34. The second-order valence-corrected chi connectivity index (χ2v) is 4.33. The molecule has 5 N–H and O–H groups in total. The Kier molecular flexibility index (Phi) is 3.93. The Hall–Kier alpha value is -2.08. The number of aliphatic hydroxyl groups is 1. The lowest BCUT2D eigenvalue weighted by atomic mass is 10.1. The van der Waals surface area contributed by atoms with Crippen molar-refractivity contribution in [3.63, 3.8) is 0 Å². The fourth-order valence-electron chi connectivity index (χ4n) is 1.21. The summed E-state index contributed by atoms with van der Waals surface area (Å²) in [5, 5.41) is 20.5. The van der Waals surface area contributed by atoms with E-state index >= 15 is 0 Å². The van der Waals surface area contributed by atoms with Crippen LogP contribution in [0, 0.1) is 6.92 Å². The second kappa shape index (κ2) is 5.05. The third-order valence-electron chi connectivity index (χ3n) is 2.60. The number of hydrogen-bond donors (Lipinski definition) is 4. The van der Waals surface area contributed by atoms with Gasteiger partial charge in [-0.05, 0) is 31.5 Å². The number of amides is 1. The molecule has 0 aromatic heterocycles. The van der Waals surface area contributed by atoms with Gasteiger partial charge in [-0.15, -0.1) is 0 Å². The molecule has 6 nitrogen and oxygen atoms in total. The SMILES string of the molecule is Cc1ccc(C(=O)NCC(C)(O)C(=O)O)cc1N. The number of rotatable bonds is 4. The summed E-state index contributed by atoms with van der Waals surface area (Å²) in [4.78, 5) is 22.4. The van der Waals surface area contributed by atoms with Crippen molar-refractivity contribution in [2.45, 2.75) is 19.4 Å². The van der Waals surface area contributed by atoms with E-state index in [0.717, 1.165) is 12.5 Å². The smallest absolute Gasteiger partial charge is 0.337 e. The van der Waals surface area contributed by atoms with Crippen LogP contribution in [0.5, 0.6) is 0 Å². The Morgan fingerprint density at radius 1 is 1.44 bits per heavy atom. The Balaban J connectivity index is 2.72. The van der Waals surface area contributed by atoms with E-state index in [4.69, 9.17) is 10.8 Å². The Bertz CT molecular complexity index is 483. The Morgan fingerprint density at radius 3 is 2.56 bits per heavy atom. The van der Waals surface area contributed by atoms with Gasteiger partial charge < -0.3 is 21.3 Å². The summed E-state index contributed by atoms with van der Waals surface area (Å²) in [5.74, 6) is -1.88. The first kappa shape index (κ1) is 14.0. The molecule has 0 saturated carbocycles. The number of benzene rings is 1. The van der Waals surface area contributed by atoms with Crippen molar-refractivity contribution in [1.29, 1.82) is 0 Å². The van der Waals surface area contributed by atoms with Gasteiger partial charge in [0.25, 0.3) is 5.91 Å². The first-order valence-corrected chi connectivity index (χ1v) is 5.34. The lowest BCUT2D eigenvalue weighted by Crippen LogP contribution is -2.46. The molecule has 1 aromatic rings. The molecule has 0 radical (unpaired) electrons. The van der Waals surface area contributed by atoms with Crippen molar-refractivity contribution in [2.24, 2.45) is 0 Å². The maximum absolute atomic E-state index is 11.7. The summed E-state index contributed by atoms with van der Waals surface area (Å²) in [6, 6.07) is 4.77. The van der Waals surface area contributed by atoms with Gasteiger partial charge in [-0.25, -0.2) is 4.79 Å². The largest absolute Gasteiger partial charge is 0.479 e. The lowest BCUT2D eigenvalue weighted by Gasteiger charge is -2.18. The van der Waals surface area contributed by atoms with E-state index in [1.807, 2.05) is 6.92 Å². The van der Waals surface area contributed by atoms with Crippen molar-refractivity contribution in [1.82, 2.24) is 5.32 Å². The summed E-state index contributed by atoms with van der Waals surface area (Å²) in [7, 11) is 0. The topological polar surface area (TPSA) is 113 Å². The average molecular weight is 252 g/mol. The molecule has 0 spiro atoms. The third kappa shape index (κ3) is 3.21. The number of hydrogen-bond acceptors (Lipinski definition) is 4. The summed E-state index contributed by atoms with van der Waals surface area (Å²) in [6.07, 6.45) is 0. The van der Waals surface area contributed by atoms with Gasteiger partial charge in [-0.1, -0.05) is 6.07 Å². The minimum atomic E-state index is -1.99. The number of anilines is 1. The van der Waals surface area contributed by atoms with E-state index in [1.165, 1.54) is 6.07 Å². The molecule has 1 amide bonds. The molecule has 0 bridgehead atoms. The van der Waals surface area contributed by atoms with Crippen LogP contribution in [0.25, 0.3) is 0 Å². The van der Waals surface area contributed by atoms with Crippen LogP contribution in [0.3, 0.4) is 0 Å². The normalized spacial score (nSPS) is 13.7. The predicted molar refractivity (Wildman–Crippen MR) is 66.2 cm³/mol. The van der Waals surface area contributed by atoms with Gasteiger partial charge in [0.15, 0.2) is 5.60 Å². The van der Waals surface area contributed by atoms with Gasteiger partial charge in [0.2, 0.25) is 0 Å². The molecule has 0 aliphatic heterocycles. The van der Waals surface area contributed by atoms with Gasteiger partial charge in [0, 0.05) is 11.3 Å². The monoisotopic (exact) mass is 252 g/mol. The van der Waals surface area contributed by atoms with Crippen LogP contribution in [-0.4, -0.2) is 34.2 Å². The molecule has 1 unspecified atom stereocenters. The van der Waals surface area contributed by atoms with E-state index in [-0.39, 0.29) is 6.54 Å². The summed E-state index contributed by atoms with van der Waals surface area (Å²) < 4.78 is 0. The maximum Gasteiger partial charge on any atom is 0.337 e. The van der Waals surface area contributed by atoms with Crippen LogP contribution in [0.4, 0.5) is 5.69 Å². The molecule has 1 atom stereocenters. The molecule has 0 fully saturated rings. The Morgan fingerprint density at radius 2 is 2.06 bits per heavy atom. The molecule has 0 aliphatic carbocycles. The van der Waals surface area contributed by atoms with Crippen molar-refractivity contribution in [3.05, 3.63) is 29.3 Å². The van der Waals surface area contributed by atoms with Gasteiger partial charge in [0.05, 0.1) is 6.54 Å². The molecule has 0 aliphatic rings. The minimum absolute atomic E-state index is 0.319. The molecule has 1 rings (SSSR count). The highest BCUT2D eigenvalue weighted by Gasteiger charge is 2.30. The van der Waals surface area contributed by atoms with Gasteiger partial charge in [0.1, 0.15) is 0 Å². The quantitative estimate of drug-likeness (QED) is 0.569. The standard InChI is InChI=1S/C12H16N2O4/c1-7-3-4-8(5-9(7)13)10(15)14-6-12(2,18)11(16)17/h3-5,18H,6,13H2,1-2H3,(H,14,15)(H,16,17). The van der Waals surface area contributed by atoms with Crippen LogP contribution >= 0.6 is 0 Å². The van der Waals surface area contributed by atoms with Gasteiger partial charge in [-0.2, -0.15) is 0 Å². The first-order chi connectivity index (χ1) is 8.24. The van der Waals surface area contributed by atoms with Crippen LogP contribution < -0.4 is 11.1 Å². The number of carboxylic acid groups (broad SMARTS) is 1. The zero-order valence-corrected chi connectivity index (χ0v) is 10.2. The number of aliphatic carboxylic acids is 1. The fourth-order valence-corrected chi connectivity index (χ4v) is 1.21. The minimum Gasteiger partial charge on any atom is -0.479 e. The number of carboxylic acids is 1. The van der Waals surface area contributed by atoms with Crippen LogP contribution in [-0.2, 0) is 4.79 Å². The predicted octanol–water partition coefficient (Wildman–Crippen LogP) is 0.143. The Labute approximate surface area is 104 Å². The number of nitrogens with one attached hydrogen (secondary N) is 1. The zero-order chi connectivity index (χ0) is 13.9. The zero-order valence-electron chi connectivity index (χ0n) is 10.2. The van der Waals surface area contributed by atoms with Crippen LogP contribution in [0.2, 0.25) is 0 Å². The van der Waals surface area contributed by atoms with Crippen LogP contribution in [0.1, 0.15) is 22.8 Å². The summed E-state index contributed by atoms with van der Waals surface area (Å²) in [6.45, 7) is 2.54. The number of carbonyl (C=O) groups excluding carboxylic acids is 1. The second-order valence-electron chi connectivity index (χ2n) is 4.33. The molecule has 1 aromatic carbocycles. The number of nitrogens with two attached hydrogens (primary N) is 1. The van der Waals surface area contributed by atoms with E-state index in [0.29, 0.717) is 11.3 Å².